The van der Waals surface area contributed by atoms with E-state index in [0.29, 0.717) is 23.6 Å². The van der Waals surface area contributed by atoms with E-state index >= 15 is 0 Å². The van der Waals surface area contributed by atoms with E-state index in [2.05, 4.69) is 5.32 Å². The third-order valence-corrected chi connectivity index (χ3v) is 5.46. The van der Waals surface area contributed by atoms with Crippen molar-refractivity contribution in [3.63, 3.8) is 0 Å². The zero-order chi connectivity index (χ0) is 14.0. The van der Waals surface area contributed by atoms with E-state index in [9.17, 15) is 14.3 Å². The third kappa shape index (κ3) is 1.49. The lowest BCUT2D eigenvalue weighted by atomic mass is 10.0. The normalized spacial score (nSPS) is 36.8. The molecule has 1 aromatic carbocycles. The molecule has 0 saturated heterocycles. The van der Waals surface area contributed by atoms with Gasteiger partial charge in [0.2, 0.25) is 0 Å². The zero-order valence-corrected chi connectivity index (χ0v) is 11.0. The van der Waals surface area contributed by atoms with Gasteiger partial charge in [0.15, 0.2) is 0 Å². The minimum atomic E-state index is -1.18. The van der Waals surface area contributed by atoms with E-state index in [1.54, 1.807) is 0 Å². The highest BCUT2D eigenvalue weighted by Gasteiger charge is 2.65. The second-order valence-corrected chi connectivity index (χ2v) is 6.35. The smallest absolute Gasteiger partial charge is 0.340 e. The predicted molar refractivity (Wildman–Crippen MR) is 73.0 cm³/mol. The number of rotatable bonds is 3. The summed E-state index contributed by atoms with van der Waals surface area (Å²) in [4.78, 5) is 11.3. The number of carboxylic acid groups (broad SMARTS) is 1. The van der Waals surface area contributed by atoms with Crippen molar-refractivity contribution in [1.29, 1.82) is 0 Å². The van der Waals surface area contributed by atoms with Crippen molar-refractivity contribution in [3.05, 3.63) is 23.5 Å². The molecule has 0 heterocycles. The number of anilines is 2. The van der Waals surface area contributed by atoms with Crippen LogP contribution < -0.4 is 11.1 Å². The molecular formula is C15H17FN2O2. The average molecular weight is 276 g/mol. The van der Waals surface area contributed by atoms with E-state index < -0.39 is 11.8 Å². The van der Waals surface area contributed by atoms with Crippen molar-refractivity contribution in [3.8, 4) is 0 Å². The SMILES string of the molecule is Nc1c(F)ccc(NC2C3C4CCC(C4)C23)c1C(=O)O. The van der Waals surface area contributed by atoms with Crippen LogP contribution >= 0.6 is 0 Å². The Hall–Kier alpha value is -1.78. The molecule has 0 amide bonds. The number of halogens is 1. The summed E-state index contributed by atoms with van der Waals surface area (Å²) in [5.41, 5.74) is 5.60. The number of aromatic carboxylic acids is 1. The van der Waals surface area contributed by atoms with Crippen LogP contribution in [0.2, 0.25) is 0 Å². The van der Waals surface area contributed by atoms with Crippen LogP contribution in [-0.4, -0.2) is 17.1 Å². The van der Waals surface area contributed by atoms with Crippen LogP contribution in [0.3, 0.4) is 0 Å². The highest BCUT2D eigenvalue weighted by Crippen LogP contribution is 2.66. The van der Waals surface area contributed by atoms with Gasteiger partial charge in [0.25, 0.3) is 0 Å². The highest BCUT2D eigenvalue weighted by atomic mass is 19.1. The third-order valence-electron chi connectivity index (χ3n) is 5.46. The van der Waals surface area contributed by atoms with Crippen LogP contribution in [0.25, 0.3) is 0 Å². The molecule has 0 aliphatic heterocycles. The molecule has 1 aromatic rings. The summed E-state index contributed by atoms with van der Waals surface area (Å²) in [5.74, 6) is 1.10. The number of benzene rings is 1. The first-order chi connectivity index (χ1) is 9.58. The topological polar surface area (TPSA) is 75.3 Å². The summed E-state index contributed by atoms with van der Waals surface area (Å²) in [5, 5.41) is 12.5. The van der Waals surface area contributed by atoms with Gasteiger partial charge in [-0.2, -0.15) is 0 Å². The summed E-state index contributed by atoms with van der Waals surface area (Å²) < 4.78 is 13.4. The Bertz CT molecular complexity index is 588. The number of carboxylic acids is 1. The lowest BCUT2D eigenvalue weighted by Gasteiger charge is -2.15. The van der Waals surface area contributed by atoms with Crippen molar-refractivity contribution >= 4 is 17.3 Å². The van der Waals surface area contributed by atoms with Gasteiger partial charge in [-0.15, -0.1) is 0 Å². The maximum absolute atomic E-state index is 13.4. The maximum atomic E-state index is 13.4. The first kappa shape index (κ1) is 12.0. The molecular weight excluding hydrogens is 259 g/mol. The molecule has 4 unspecified atom stereocenters. The van der Waals surface area contributed by atoms with Crippen LogP contribution in [0.15, 0.2) is 12.1 Å². The molecule has 3 fully saturated rings. The quantitative estimate of drug-likeness (QED) is 0.742. The van der Waals surface area contributed by atoms with Crippen LogP contribution in [-0.2, 0) is 0 Å². The number of nitrogen functional groups attached to an aromatic ring is 1. The fraction of sp³-hybridized carbons (Fsp3) is 0.533. The number of hydrogen-bond acceptors (Lipinski definition) is 3. The van der Waals surface area contributed by atoms with E-state index in [4.69, 9.17) is 5.73 Å². The zero-order valence-electron chi connectivity index (χ0n) is 11.0. The van der Waals surface area contributed by atoms with Gasteiger partial charge in [0.05, 0.1) is 11.4 Å². The number of nitrogens with two attached hydrogens (primary N) is 1. The second-order valence-electron chi connectivity index (χ2n) is 6.35. The summed E-state index contributed by atoms with van der Waals surface area (Å²) >= 11 is 0. The molecule has 0 spiro atoms. The number of carbonyl (C=O) groups is 1. The summed E-state index contributed by atoms with van der Waals surface area (Å²) in [6.45, 7) is 0. The van der Waals surface area contributed by atoms with E-state index in [1.165, 1.54) is 31.4 Å². The molecule has 3 aliphatic carbocycles. The second kappa shape index (κ2) is 3.87. The van der Waals surface area contributed by atoms with Crippen molar-refractivity contribution in [2.45, 2.75) is 25.3 Å². The Kier molecular flexibility index (Phi) is 2.32. The van der Waals surface area contributed by atoms with E-state index in [-0.39, 0.29) is 11.3 Å². The number of nitrogens with one attached hydrogen (secondary N) is 1. The van der Waals surface area contributed by atoms with E-state index in [0.717, 1.165) is 11.8 Å². The average Bonchev–Trinajstić information content (AvgIpc) is 2.81. The molecule has 4 rings (SSSR count). The molecule has 0 radical (unpaired) electrons. The summed E-state index contributed by atoms with van der Waals surface area (Å²) in [7, 11) is 0. The monoisotopic (exact) mass is 276 g/mol. The molecule has 20 heavy (non-hydrogen) atoms. The molecule has 3 saturated carbocycles. The van der Waals surface area contributed by atoms with Crippen LogP contribution in [0.1, 0.15) is 29.6 Å². The molecule has 4 N–H and O–H groups in total. The number of hydrogen-bond donors (Lipinski definition) is 3. The van der Waals surface area contributed by atoms with Gasteiger partial charge in [-0.3, -0.25) is 0 Å². The molecule has 106 valence electrons. The van der Waals surface area contributed by atoms with Crippen molar-refractivity contribution in [2.75, 3.05) is 11.1 Å². The highest BCUT2D eigenvalue weighted by molar-refractivity contribution is 6.00. The van der Waals surface area contributed by atoms with Crippen molar-refractivity contribution in [2.24, 2.45) is 23.7 Å². The first-order valence-corrected chi connectivity index (χ1v) is 7.15. The van der Waals surface area contributed by atoms with Crippen LogP contribution in [0.4, 0.5) is 15.8 Å². The van der Waals surface area contributed by atoms with Gasteiger partial charge in [-0.1, -0.05) is 0 Å². The predicted octanol–water partition coefficient (Wildman–Crippen LogP) is 2.56. The van der Waals surface area contributed by atoms with Crippen LogP contribution in [0.5, 0.6) is 0 Å². The van der Waals surface area contributed by atoms with Gasteiger partial charge in [0.1, 0.15) is 11.4 Å². The summed E-state index contributed by atoms with van der Waals surface area (Å²) in [6.07, 6.45) is 3.95. The van der Waals surface area contributed by atoms with Gasteiger partial charge >= 0.3 is 5.97 Å². The Labute approximate surface area is 116 Å². The fourth-order valence-electron chi connectivity index (χ4n) is 4.64. The standard InChI is InChI=1S/C15H17FN2O2/c16-8-3-4-9(12(13(8)17)15(19)20)18-14-10-6-1-2-7(5-6)11(10)14/h3-4,6-7,10-11,14,18H,1-2,5,17H2,(H,19,20). The summed E-state index contributed by atoms with van der Waals surface area (Å²) in [6, 6.07) is 3.08. The Morgan fingerprint density at radius 3 is 2.55 bits per heavy atom. The van der Waals surface area contributed by atoms with Gasteiger partial charge in [0, 0.05) is 6.04 Å². The number of fused-ring (bicyclic) bond motifs is 5. The Morgan fingerprint density at radius 2 is 1.95 bits per heavy atom. The van der Waals surface area contributed by atoms with Gasteiger partial charge < -0.3 is 16.2 Å². The largest absolute Gasteiger partial charge is 0.478 e. The molecule has 4 atom stereocenters. The minimum Gasteiger partial charge on any atom is -0.478 e. The van der Waals surface area contributed by atoms with Gasteiger partial charge in [-0.05, 0) is 55.1 Å². The Balaban J connectivity index is 1.61. The van der Waals surface area contributed by atoms with Crippen molar-refractivity contribution in [1.82, 2.24) is 0 Å². The van der Waals surface area contributed by atoms with Crippen molar-refractivity contribution < 1.29 is 14.3 Å². The first-order valence-electron chi connectivity index (χ1n) is 7.15. The molecule has 5 heteroatoms. The van der Waals surface area contributed by atoms with E-state index in [1.807, 2.05) is 0 Å². The fourth-order valence-corrected chi connectivity index (χ4v) is 4.64. The molecule has 0 aromatic heterocycles. The van der Waals surface area contributed by atoms with Gasteiger partial charge in [-0.25, -0.2) is 9.18 Å². The lowest BCUT2D eigenvalue weighted by Crippen LogP contribution is -2.16. The lowest BCUT2D eigenvalue weighted by molar-refractivity contribution is 0.0698. The maximum Gasteiger partial charge on any atom is 0.340 e. The molecule has 2 bridgehead atoms. The Morgan fingerprint density at radius 1 is 1.30 bits per heavy atom. The molecule has 4 nitrogen and oxygen atoms in total. The molecule has 3 aliphatic rings. The van der Waals surface area contributed by atoms with Crippen LogP contribution in [0, 0.1) is 29.5 Å². The minimum absolute atomic E-state index is 0.137.